The van der Waals surface area contributed by atoms with Crippen LogP contribution < -0.4 is 4.74 Å². The van der Waals surface area contributed by atoms with E-state index in [0.717, 1.165) is 5.56 Å². The van der Waals surface area contributed by atoms with Gasteiger partial charge in [0, 0.05) is 0 Å². The van der Waals surface area contributed by atoms with Crippen LogP contribution in [0.25, 0.3) is 0 Å². The molecule has 3 nitrogen and oxygen atoms in total. The van der Waals surface area contributed by atoms with Crippen molar-refractivity contribution in [3.8, 4) is 5.75 Å². The topological polar surface area (TPSA) is 35.5 Å². The largest absolute Gasteiger partial charge is 0.491 e. The summed E-state index contributed by atoms with van der Waals surface area (Å²) in [6.07, 6.45) is 3.00. The van der Waals surface area contributed by atoms with Crippen molar-refractivity contribution >= 4 is 5.97 Å². The summed E-state index contributed by atoms with van der Waals surface area (Å²) >= 11 is 0. The minimum Gasteiger partial charge on any atom is -0.491 e. The van der Waals surface area contributed by atoms with Crippen LogP contribution in [0.1, 0.15) is 57.6 Å². The van der Waals surface area contributed by atoms with Gasteiger partial charge in [-0.25, -0.2) is 4.39 Å². The van der Waals surface area contributed by atoms with Crippen molar-refractivity contribution in [2.24, 2.45) is 5.92 Å². The predicted octanol–water partition coefficient (Wildman–Crippen LogP) is 4.43. The summed E-state index contributed by atoms with van der Waals surface area (Å²) in [7, 11) is 0. The Labute approximate surface area is 138 Å². The second kappa shape index (κ2) is 7.33. The molecule has 0 aliphatic heterocycles. The monoisotopic (exact) mass is 322 g/mol. The molecule has 4 heteroatoms. The van der Waals surface area contributed by atoms with Crippen LogP contribution in [0.5, 0.6) is 5.75 Å². The maximum absolute atomic E-state index is 12.3. The molecule has 0 spiro atoms. The van der Waals surface area contributed by atoms with Gasteiger partial charge >= 0.3 is 5.97 Å². The van der Waals surface area contributed by atoms with Crippen LogP contribution in [0.2, 0.25) is 0 Å². The molecule has 0 saturated heterocycles. The SMILES string of the molecule is C[C@H](Cc1cc(OCCF)ccc1C1CC1)C(=O)OC(C)(C)C. The molecule has 1 fully saturated rings. The van der Waals surface area contributed by atoms with E-state index in [9.17, 15) is 9.18 Å². The van der Waals surface area contributed by atoms with Crippen LogP contribution in [0.4, 0.5) is 4.39 Å². The lowest BCUT2D eigenvalue weighted by Crippen LogP contribution is -2.28. The molecule has 0 N–H and O–H groups in total. The van der Waals surface area contributed by atoms with Gasteiger partial charge in [0.1, 0.15) is 24.6 Å². The molecule has 0 unspecified atom stereocenters. The van der Waals surface area contributed by atoms with Gasteiger partial charge in [0.2, 0.25) is 0 Å². The molecule has 0 amide bonds. The van der Waals surface area contributed by atoms with Gasteiger partial charge < -0.3 is 9.47 Å². The third-order valence-electron chi connectivity index (χ3n) is 3.81. The van der Waals surface area contributed by atoms with Gasteiger partial charge in [0.15, 0.2) is 0 Å². The highest BCUT2D eigenvalue weighted by Gasteiger charge is 2.28. The number of rotatable bonds is 7. The molecule has 0 radical (unpaired) electrons. The quantitative estimate of drug-likeness (QED) is 0.697. The lowest BCUT2D eigenvalue weighted by atomic mass is 9.94. The first-order valence-electron chi connectivity index (χ1n) is 8.34. The second-order valence-electron chi connectivity index (χ2n) is 7.31. The van der Waals surface area contributed by atoms with Crippen molar-refractivity contribution in [3.05, 3.63) is 29.3 Å². The summed E-state index contributed by atoms with van der Waals surface area (Å²) in [4.78, 5) is 12.2. The Kier molecular flexibility index (Phi) is 5.66. The molecule has 1 aliphatic carbocycles. The molecule has 23 heavy (non-hydrogen) atoms. The first-order valence-corrected chi connectivity index (χ1v) is 8.34. The first-order chi connectivity index (χ1) is 10.8. The van der Waals surface area contributed by atoms with Gasteiger partial charge in [0.05, 0.1) is 5.92 Å². The van der Waals surface area contributed by atoms with Crippen molar-refractivity contribution in [2.45, 2.75) is 58.5 Å². The van der Waals surface area contributed by atoms with Crippen LogP contribution in [-0.4, -0.2) is 24.9 Å². The molecule has 1 atom stereocenters. The minimum atomic E-state index is -0.506. The Morgan fingerprint density at radius 2 is 2.04 bits per heavy atom. The van der Waals surface area contributed by atoms with Crippen molar-refractivity contribution in [3.63, 3.8) is 0 Å². The van der Waals surface area contributed by atoms with Gasteiger partial charge in [-0.1, -0.05) is 13.0 Å². The van der Waals surface area contributed by atoms with Gasteiger partial charge in [0.25, 0.3) is 0 Å². The number of carbonyl (C=O) groups excluding carboxylic acids is 1. The predicted molar refractivity (Wildman–Crippen MR) is 88.6 cm³/mol. The maximum Gasteiger partial charge on any atom is 0.309 e. The van der Waals surface area contributed by atoms with E-state index in [0.29, 0.717) is 18.1 Å². The van der Waals surface area contributed by atoms with E-state index < -0.39 is 12.3 Å². The molecule has 2 rings (SSSR count). The number of carbonyl (C=O) groups is 1. The summed E-state index contributed by atoms with van der Waals surface area (Å²) in [6, 6.07) is 5.90. The zero-order valence-electron chi connectivity index (χ0n) is 14.5. The molecular formula is C19H27FO3. The van der Waals surface area contributed by atoms with E-state index in [4.69, 9.17) is 9.47 Å². The summed E-state index contributed by atoms with van der Waals surface area (Å²) in [6.45, 7) is 7.06. The molecular weight excluding hydrogens is 295 g/mol. The fraction of sp³-hybridized carbons (Fsp3) is 0.632. The molecule has 1 aromatic rings. The fourth-order valence-corrected chi connectivity index (χ4v) is 2.61. The van der Waals surface area contributed by atoms with Crippen molar-refractivity contribution in [2.75, 3.05) is 13.3 Å². The smallest absolute Gasteiger partial charge is 0.309 e. The van der Waals surface area contributed by atoms with E-state index in [-0.39, 0.29) is 18.5 Å². The summed E-state index contributed by atoms with van der Waals surface area (Å²) < 4.78 is 23.1. The molecule has 1 saturated carbocycles. The Morgan fingerprint density at radius 3 is 2.61 bits per heavy atom. The van der Waals surface area contributed by atoms with Crippen molar-refractivity contribution < 1.29 is 18.7 Å². The fourth-order valence-electron chi connectivity index (χ4n) is 2.61. The van der Waals surface area contributed by atoms with Crippen LogP contribution in [0, 0.1) is 5.92 Å². The number of halogens is 1. The first kappa shape index (κ1) is 17.8. The van der Waals surface area contributed by atoms with Gasteiger partial charge in [-0.05, 0) is 69.2 Å². The minimum absolute atomic E-state index is 0.0594. The van der Waals surface area contributed by atoms with Crippen LogP contribution in [0.3, 0.4) is 0 Å². The van der Waals surface area contributed by atoms with E-state index >= 15 is 0 Å². The third-order valence-corrected chi connectivity index (χ3v) is 3.81. The molecule has 1 aliphatic rings. The standard InChI is InChI=1S/C19H27FO3/c1-13(18(21)23-19(2,3)4)11-15-12-16(22-10-9-20)7-8-17(15)14-5-6-14/h7-8,12-14H,5-6,9-11H2,1-4H3/t13-/m1/s1. The molecule has 0 aromatic heterocycles. The molecule has 1 aromatic carbocycles. The molecule has 0 heterocycles. The average Bonchev–Trinajstić information content (AvgIpc) is 3.28. The lowest BCUT2D eigenvalue weighted by molar-refractivity contribution is -0.159. The second-order valence-corrected chi connectivity index (χ2v) is 7.31. The van der Waals surface area contributed by atoms with E-state index in [1.807, 2.05) is 39.8 Å². The normalized spacial score (nSPS) is 16.0. The Hall–Kier alpha value is -1.58. The van der Waals surface area contributed by atoms with Crippen molar-refractivity contribution in [1.82, 2.24) is 0 Å². The zero-order chi connectivity index (χ0) is 17.0. The Balaban J connectivity index is 2.11. The van der Waals surface area contributed by atoms with E-state index in [2.05, 4.69) is 6.07 Å². The highest BCUT2D eigenvalue weighted by atomic mass is 19.1. The number of benzene rings is 1. The summed E-state index contributed by atoms with van der Waals surface area (Å²) in [5.74, 6) is 0.849. The van der Waals surface area contributed by atoms with Crippen LogP contribution in [-0.2, 0) is 16.0 Å². The number of hydrogen-bond acceptors (Lipinski definition) is 3. The highest BCUT2D eigenvalue weighted by Crippen LogP contribution is 2.43. The van der Waals surface area contributed by atoms with Gasteiger partial charge in [-0.15, -0.1) is 0 Å². The van der Waals surface area contributed by atoms with E-state index in [1.165, 1.54) is 18.4 Å². The number of ether oxygens (including phenoxy) is 2. The highest BCUT2D eigenvalue weighted by molar-refractivity contribution is 5.73. The Morgan fingerprint density at radius 1 is 1.35 bits per heavy atom. The lowest BCUT2D eigenvalue weighted by Gasteiger charge is -2.23. The van der Waals surface area contributed by atoms with Crippen LogP contribution >= 0.6 is 0 Å². The maximum atomic E-state index is 12.3. The summed E-state index contributed by atoms with van der Waals surface area (Å²) in [5.41, 5.74) is 1.92. The van der Waals surface area contributed by atoms with Gasteiger partial charge in [-0.2, -0.15) is 0 Å². The molecule has 128 valence electrons. The van der Waals surface area contributed by atoms with Crippen molar-refractivity contribution in [1.29, 1.82) is 0 Å². The summed E-state index contributed by atoms with van der Waals surface area (Å²) in [5, 5.41) is 0. The third kappa shape index (κ3) is 5.52. The van der Waals surface area contributed by atoms with E-state index in [1.54, 1.807) is 0 Å². The number of hydrogen-bond donors (Lipinski definition) is 0. The Bertz CT molecular complexity index is 544. The average molecular weight is 322 g/mol. The number of alkyl halides is 1. The van der Waals surface area contributed by atoms with Crippen LogP contribution in [0.15, 0.2) is 18.2 Å². The zero-order valence-corrected chi connectivity index (χ0v) is 14.5. The molecule has 0 bridgehead atoms. The number of esters is 1. The van der Waals surface area contributed by atoms with Gasteiger partial charge in [-0.3, -0.25) is 4.79 Å².